The van der Waals surface area contributed by atoms with Gasteiger partial charge in [0.25, 0.3) is 0 Å². The minimum Gasteiger partial charge on any atom is -0.457 e. The Morgan fingerprint density at radius 2 is 2.13 bits per heavy atom. The molecule has 3 heteroatoms. The van der Waals surface area contributed by atoms with E-state index in [9.17, 15) is 0 Å². The van der Waals surface area contributed by atoms with Crippen LogP contribution < -0.4 is 10.5 Å². The van der Waals surface area contributed by atoms with Crippen molar-refractivity contribution in [2.24, 2.45) is 0 Å². The van der Waals surface area contributed by atoms with Crippen LogP contribution in [0.15, 0.2) is 30.5 Å². The van der Waals surface area contributed by atoms with E-state index in [0.717, 1.165) is 16.9 Å². The zero-order valence-corrected chi connectivity index (χ0v) is 8.36. The minimum atomic E-state index is 0.0975. The number of ether oxygens (including phenoxy) is 1. The second-order valence-corrected chi connectivity index (χ2v) is 3.43. The van der Waals surface area contributed by atoms with Gasteiger partial charge >= 0.3 is 0 Å². The molecule has 3 N–H and O–H groups in total. The van der Waals surface area contributed by atoms with Crippen LogP contribution >= 0.6 is 0 Å². The number of fused-ring (bicyclic) bond motifs is 1. The van der Waals surface area contributed by atoms with Gasteiger partial charge in [0.15, 0.2) is 0 Å². The van der Waals surface area contributed by atoms with Gasteiger partial charge in [0.05, 0.1) is 0 Å². The molecule has 1 aliphatic heterocycles. The number of nitrogens with two attached hydrogens (primary N) is 1. The average molecular weight is 203 g/mol. The summed E-state index contributed by atoms with van der Waals surface area (Å²) in [4.78, 5) is 0. The Hall–Kier alpha value is -1.74. The Labute approximate surface area is 88.5 Å². The molecule has 1 aliphatic rings. The number of anilines is 1. The SMILES string of the molecule is C=C1C=Cc2c(ccc(CCO)c2N)O1. The molecule has 0 aromatic heterocycles. The lowest BCUT2D eigenvalue weighted by Crippen LogP contribution is -2.05. The largest absolute Gasteiger partial charge is 0.457 e. The molecular weight excluding hydrogens is 190 g/mol. The minimum absolute atomic E-state index is 0.0975. The summed E-state index contributed by atoms with van der Waals surface area (Å²) in [6.45, 7) is 3.81. The molecule has 0 atom stereocenters. The van der Waals surface area contributed by atoms with Crippen LogP contribution in [0.5, 0.6) is 5.75 Å². The smallest absolute Gasteiger partial charge is 0.136 e. The first-order valence-electron chi connectivity index (χ1n) is 4.79. The van der Waals surface area contributed by atoms with Crippen molar-refractivity contribution in [1.82, 2.24) is 0 Å². The topological polar surface area (TPSA) is 55.5 Å². The fourth-order valence-electron chi connectivity index (χ4n) is 1.61. The predicted molar refractivity (Wildman–Crippen MR) is 60.4 cm³/mol. The molecule has 0 spiro atoms. The highest BCUT2D eigenvalue weighted by Crippen LogP contribution is 2.33. The Morgan fingerprint density at radius 1 is 1.33 bits per heavy atom. The van der Waals surface area contributed by atoms with Crippen molar-refractivity contribution < 1.29 is 9.84 Å². The normalized spacial score (nSPS) is 13.5. The van der Waals surface area contributed by atoms with E-state index in [4.69, 9.17) is 15.6 Å². The van der Waals surface area contributed by atoms with Crippen molar-refractivity contribution in [3.63, 3.8) is 0 Å². The highest BCUT2D eigenvalue weighted by atomic mass is 16.5. The van der Waals surface area contributed by atoms with Crippen molar-refractivity contribution in [3.05, 3.63) is 41.7 Å². The molecular formula is C12H13NO2. The second-order valence-electron chi connectivity index (χ2n) is 3.43. The average Bonchev–Trinajstić information content (AvgIpc) is 2.22. The van der Waals surface area contributed by atoms with Crippen LogP contribution in [-0.4, -0.2) is 11.7 Å². The third-order valence-corrected chi connectivity index (χ3v) is 2.40. The summed E-state index contributed by atoms with van der Waals surface area (Å²) in [7, 11) is 0. The fraction of sp³-hybridized carbons (Fsp3) is 0.167. The maximum absolute atomic E-state index is 8.87. The molecule has 78 valence electrons. The first kappa shape index (κ1) is 9.80. The molecule has 0 aliphatic carbocycles. The van der Waals surface area contributed by atoms with E-state index in [1.165, 1.54) is 0 Å². The number of hydrogen-bond donors (Lipinski definition) is 2. The van der Waals surface area contributed by atoms with E-state index in [0.29, 0.717) is 17.9 Å². The van der Waals surface area contributed by atoms with Crippen molar-refractivity contribution >= 4 is 11.8 Å². The van der Waals surface area contributed by atoms with E-state index in [-0.39, 0.29) is 6.61 Å². The molecule has 0 saturated carbocycles. The molecule has 1 aromatic rings. The highest BCUT2D eigenvalue weighted by Gasteiger charge is 2.13. The number of nitrogen functional groups attached to an aromatic ring is 1. The van der Waals surface area contributed by atoms with Gasteiger partial charge in [-0.25, -0.2) is 0 Å². The number of allylic oxidation sites excluding steroid dienone is 1. The maximum Gasteiger partial charge on any atom is 0.136 e. The number of hydrogen-bond acceptors (Lipinski definition) is 3. The Morgan fingerprint density at radius 3 is 2.87 bits per heavy atom. The van der Waals surface area contributed by atoms with Gasteiger partial charge in [-0.05, 0) is 30.2 Å². The van der Waals surface area contributed by atoms with Crippen molar-refractivity contribution in [2.75, 3.05) is 12.3 Å². The quantitative estimate of drug-likeness (QED) is 0.719. The second kappa shape index (κ2) is 3.79. The van der Waals surface area contributed by atoms with Crippen molar-refractivity contribution in [1.29, 1.82) is 0 Å². The first-order chi connectivity index (χ1) is 7.22. The summed E-state index contributed by atoms with van der Waals surface area (Å²) in [5, 5.41) is 8.87. The summed E-state index contributed by atoms with van der Waals surface area (Å²) in [6, 6.07) is 3.72. The summed E-state index contributed by atoms with van der Waals surface area (Å²) in [5.41, 5.74) is 8.45. The number of aliphatic hydroxyl groups excluding tert-OH is 1. The molecule has 1 aromatic carbocycles. The van der Waals surface area contributed by atoms with Gasteiger partial charge in [0.2, 0.25) is 0 Å². The Kier molecular flexibility index (Phi) is 2.47. The zero-order chi connectivity index (χ0) is 10.8. The van der Waals surface area contributed by atoms with Gasteiger partial charge in [-0.1, -0.05) is 12.6 Å². The van der Waals surface area contributed by atoms with E-state index in [1.54, 1.807) is 6.08 Å². The summed E-state index contributed by atoms with van der Waals surface area (Å²) in [5.74, 6) is 1.33. The van der Waals surface area contributed by atoms with Crippen LogP contribution in [0.3, 0.4) is 0 Å². The monoisotopic (exact) mass is 203 g/mol. The molecule has 0 bridgehead atoms. The molecule has 2 rings (SSSR count). The summed E-state index contributed by atoms with van der Waals surface area (Å²) >= 11 is 0. The Balaban J connectivity index is 2.47. The van der Waals surface area contributed by atoms with Crippen LogP contribution in [0.25, 0.3) is 6.08 Å². The van der Waals surface area contributed by atoms with Crippen LogP contribution in [0.2, 0.25) is 0 Å². The van der Waals surface area contributed by atoms with Gasteiger partial charge in [0, 0.05) is 17.9 Å². The molecule has 1 heterocycles. The molecule has 0 unspecified atom stereocenters. The van der Waals surface area contributed by atoms with Gasteiger partial charge < -0.3 is 15.6 Å². The van der Waals surface area contributed by atoms with E-state index >= 15 is 0 Å². The van der Waals surface area contributed by atoms with E-state index in [1.807, 2.05) is 18.2 Å². The standard InChI is InChI=1S/C12H13NO2/c1-8-2-4-10-11(15-8)5-3-9(6-7-14)12(10)13/h2-5,14H,1,6-7,13H2. The fourth-order valence-corrected chi connectivity index (χ4v) is 1.61. The number of aliphatic hydroxyl groups is 1. The zero-order valence-electron chi connectivity index (χ0n) is 8.36. The van der Waals surface area contributed by atoms with Crippen LogP contribution in [0, 0.1) is 0 Å². The Bertz CT molecular complexity index is 435. The third-order valence-electron chi connectivity index (χ3n) is 2.40. The maximum atomic E-state index is 8.87. The summed E-state index contributed by atoms with van der Waals surface area (Å²) < 4.78 is 5.42. The van der Waals surface area contributed by atoms with Gasteiger partial charge in [0.1, 0.15) is 11.5 Å². The van der Waals surface area contributed by atoms with E-state index in [2.05, 4.69) is 6.58 Å². The van der Waals surface area contributed by atoms with Gasteiger partial charge in [-0.3, -0.25) is 0 Å². The van der Waals surface area contributed by atoms with E-state index < -0.39 is 0 Å². The predicted octanol–water partition coefficient (Wildman–Crippen LogP) is 1.72. The van der Waals surface area contributed by atoms with Crippen LogP contribution in [-0.2, 0) is 6.42 Å². The molecule has 15 heavy (non-hydrogen) atoms. The van der Waals surface area contributed by atoms with Crippen LogP contribution in [0.4, 0.5) is 5.69 Å². The van der Waals surface area contributed by atoms with Gasteiger partial charge in [-0.2, -0.15) is 0 Å². The molecule has 3 nitrogen and oxygen atoms in total. The lowest BCUT2D eigenvalue weighted by Gasteiger charge is -2.17. The molecule has 0 fully saturated rings. The molecule has 0 saturated heterocycles. The highest BCUT2D eigenvalue weighted by molar-refractivity contribution is 5.75. The van der Waals surface area contributed by atoms with Crippen molar-refractivity contribution in [2.45, 2.75) is 6.42 Å². The first-order valence-corrected chi connectivity index (χ1v) is 4.79. The third kappa shape index (κ3) is 1.74. The lowest BCUT2D eigenvalue weighted by atomic mass is 10.0. The summed E-state index contributed by atoms with van der Waals surface area (Å²) in [6.07, 6.45) is 4.23. The molecule has 0 radical (unpaired) electrons. The van der Waals surface area contributed by atoms with Gasteiger partial charge in [-0.15, -0.1) is 0 Å². The number of rotatable bonds is 2. The van der Waals surface area contributed by atoms with Crippen LogP contribution in [0.1, 0.15) is 11.1 Å². The molecule has 0 amide bonds. The van der Waals surface area contributed by atoms with Crippen molar-refractivity contribution in [3.8, 4) is 5.75 Å². The lowest BCUT2D eigenvalue weighted by molar-refractivity contribution is 0.300. The number of benzene rings is 1.